The fourth-order valence-corrected chi connectivity index (χ4v) is 3.58. The predicted octanol–water partition coefficient (Wildman–Crippen LogP) is 3.29. The van der Waals surface area contributed by atoms with Gasteiger partial charge in [-0.2, -0.15) is 0 Å². The van der Waals surface area contributed by atoms with Gasteiger partial charge in [0.05, 0.1) is 12.5 Å². The first kappa shape index (κ1) is 20.7. The maximum absolute atomic E-state index is 12.3. The third kappa shape index (κ3) is 6.96. The third-order valence-corrected chi connectivity index (χ3v) is 5.18. The van der Waals surface area contributed by atoms with Crippen LogP contribution in [0, 0.1) is 0 Å². The van der Waals surface area contributed by atoms with Crippen molar-refractivity contribution in [3.05, 3.63) is 34.9 Å². The van der Waals surface area contributed by atoms with Crippen molar-refractivity contribution in [3.63, 3.8) is 0 Å². The molecular formula is C20H30ClN3O2. The maximum atomic E-state index is 12.3. The number of carbonyl (C=O) groups excluding carboxylic acids is 2. The summed E-state index contributed by atoms with van der Waals surface area (Å²) in [6, 6.07) is 7.52. The average Bonchev–Trinajstić information content (AvgIpc) is 2.60. The lowest BCUT2D eigenvalue weighted by molar-refractivity contribution is -0.122. The summed E-state index contributed by atoms with van der Waals surface area (Å²) < 4.78 is 0. The van der Waals surface area contributed by atoms with Gasteiger partial charge in [-0.05, 0) is 50.4 Å². The minimum Gasteiger partial charge on any atom is -0.356 e. The van der Waals surface area contributed by atoms with Gasteiger partial charge >= 0.3 is 0 Å². The lowest BCUT2D eigenvalue weighted by Crippen LogP contribution is -2.39. The van der Waals surface area contributed by atoms with E-state index in [1.807, 2.05) is 12.1 Å². The van der Waals surface area contributed by atoms with Gasteiger partial charge in [-0.25, -0.2) is 0 Å². The van der Waals surface area contributed by atoms with Crippen molar-refractivity contribution in [3.8, 4) is 0 Å². The quantitative estimate of drug-likeness (QED) is 0.681. The molecule has 0 radical (unpaired) electrons. The summed E-state index contributed by atoms with van der Waals surface area (Å²) >= 11 is 5.92. The lowest BCUT2D eigenvalue weighted by Gasteiger charge is -2.33. The van der Waals surface area contributed by atoms with Crippen molar-refractivity contribution in [2.75, 3.05) is 19.6 Å². The summed E-state index contributed by atoms with van der Waals surface area (Å²) in [6.07, 6.45) is 5.04. The minimum absolute atomic E-state index is 0.0506. The summed E-state index contributed by atoms with van der Waals surface area (Å²) in [5.74, 6) is -0.206. The molecule has 5 nitrogen and oxygen atoms in total. The van der Waals surface area contributed by atoms with Gasteiger partial charge in [-0.1, -0.05) is 30.2 Å². The van der Waals surface area contributed by atoms with Crippen LogP contribution in [0.15, 0.2) is 24.3 Å². The minimum atomic E-state index is -0.341. The van der Waals surface area contributed by atoms with E-state index in [1.54, 1.807) is 12.1 Å². The van der Waals surface area contributed by atoms with Gasteiger partial charge in [0, 0.05) is 31.1 Å². The second-order valence-corrected chi connectivity index (χ2v) is 7.53. The molecule has 1 aliphatic rings. The Balaban J connectivity index is 1.77. The lowest BCUT2D eigenvalue weighted by atomic mass is 10.0. The van der Waals surface area contributed by atoms with E-state index in [0.717, 1.165) is 25.1 Å². The zero-order chi connectivity index (χ0) is 18.9. The van der Waals surface area contributed by atoms with E-state index >= 15 is 0 Å². The van der Waals surface area contributed by atoms with Crippen LogP contribution in [0.2, 0.25) is 5.02 Å². The van der Waals surface area contributed by atoms with Crippen LogP contribution in [0.4, 0.5) is 0 Å². The van der Waals surface area contributed by atoms with Crippen molar-refractivity contribution >= 4 is 23.4 Å². The zero-order valence-electron chi connectivity index (χ0n) is 15.8. The molecule has 6 heteroatoms. The second-order valence-electron chi connectivity index (χ2n) is 7.09. The average molecular weight is 380 g/mol. The Labute approximate surface area is 161 Å². The first-order chi connectivity index (χ1) is 12.5. The highest BCUT2D eigenvalue weighted by molar-refractivity contribution is 6.30. The molecule has 1 heterocycles. The number of halogens is 1. The van der Waals surface area contributed by atoms with Gasteiger partial charge in [0.25, 0.3) is 0 Å². The Morgan fingerprint density at radius 1 is 1.27 bits per heavy atom. The van der Waals surface area contributed by atoms with Gasteiger partial charge in [0.15, 0.2) is 0 Å². The molecule has 26 heavy (non-hydrogen) atoms. The first-order valence-electron chi connectivity index (χ1n) is 9.49. The molecule has 1 saturated heterocycles. The number of rotatable bonds is 8. The second kappa shape index (κ2) is 10.5. The maximum Gasteiger partial charge on any atom is 0.222 e. The van der Waals surface area contributed by atoms with E-state index in [9.17, 15) is 9.59 Å². The van der Waals surface area contributed by atoms with E-state index in [2.05, 4.69) is 22.5 Å². The molecule has 2 unspecified atom stereocenters. The highest BCUT2D eigenvalue weighted by Gasteiger charge is 2.19. The molecule has 0 bridgehead atoms. The molecule has 0 spiro atoms. The van der Waals surface area contributed by atoms with Crippen LogP contribution < -0.4 is 10.6 Å². The van der Waals surface area contributed by atoms with Gasteiger partial charge < -0.3 is 15.5 Å². The normalized spacial score (nSPS) is 19.0. The smallest absolute Gasteiger partial charge is 0.222 e. The van der Waals surface area contributed by atoms with Gasteiger partial charge in [-0.3, -0.25) is 9.59 Å². The van der Waals surface area contributed by atoms with Crippen LogP contribution in [-0.4, -0.2) is 42.4 Å². The molecule has 1 fully saturated rings. The number of hydrogen-bond acceptors (Lipinski definition) is 3. The van der Waals surface area contributed by atoms with Crippen LogP contribution in [0.1, 0.15) is 57.6 Å². The zero-order valence-corrected chi connectivity index (χ0v) is 16.5. The molecule has 2 amide bonds. The Hall–Kier alpha value is -1.59. The fourth-order valence-electron chi connectivity index (χ4n) is 3.45. The highest BCUT2D eigenvalue weighted by atomic mass is 35.5. The molecule has 0 aromatic heterocycles. The molecule has 1 aromatic rings. The SMILES string of the molecule is CC(=O)NC(CC(=O)NCCCN1CCCCC1C)c1ccc(Cl)cc1. The molecule has 144 valence electrons. The number of carbonyl (C=O) groups is 2. The topological polar surface area (TPSA) is 61.4 Å². The van der Waals surface area contributed by atoms with Crippen LogP contribution in [-0.2, 0) is 9.59 Å². The van der Waals surface area contributed by atoms with Crippen molar-refractivity contribution in [1.82, 2.24) is 15.5 Å². The summed E-state index contributed by atoms with van der Waals surface area (Å²) in [7, 11) is 0. The molecular weight excluding hydrogens is 350 g/mol. The van der Waals surface area contributed by atoms with Crippen LogP contribution in [0.25, 0.3) is 0 Å². The number of nitrogens with zero attached hydrogens (tertiary/aromatic N) is 1. The molecule has 2 N–H and O–H groups in total. The van der Waals surface area contributed by atoms with Crippen LogP contribution in [0.5, 0.6) is 0 Å². The molecule has 2 atom stereocenters. The van der Waals surface area contributed by atoms with E-state index in [-0.39, 0.29) is 24.3 Å². The molecule has 0 aliphatic carbocycles. The Bertz CT molecular complexity index is 591. The number of likely N-dealkylation sites (tertiary alicyclic amines) is 1. The van der Waals surface area contributed by atoms with Crippen molar-refractivity contribution in [2.24, 2.45) is 0 Å². The number of amides is 2. The van der Waals surface area contributed by atoms with E-state index in [0.29, 0.717) is 17.6 Å². The van der Waals surface area contributed by atoms with E-state index in [1.165, 1.54) is 26.2 Å². The van der Waals surface area contributed by atoms with Crippen molar-refractivity contribution in [2.45, 2.75) is 58.0 Å². The summed E-state index contributed by atoms with van der Waals surface area (Å²) in [5.41, 5.74) is 0.877. The monoisotopic (exact) mass is 379 g/mol. The van der Waals surface area contributed by atoms with E-state index < -0.39 is 0 Å². The predicted molar refractivity (Wildman–Crippen MR) is 105 cm³/mol. The van der Waals surface area contributed by atoms with Crippen molar-refractivity contribution in [1.29, 1.82) is 0 Å². The van der Waals surface area contributed by atoms with Crippen LogP contribution >= 0.6 is 11.6 Å². The number of piperidine rings is 1. The number of nitrogens with one attached hydrogen (secondary N) is 2. The number of benzene rings is 1. The van der Waals surface area contributed by atoms with Crippen LogP contribution in [0.3, 0.4) is 0 Å². The Kier molecular flexibility index (Phi) is 8.39. The fraction of sp³-hybridized carbons (Fsp3) is 0.600. The molecule has 2 rings (SSSR count). The Morgan fingerprint density at radius 2 is 2.00 bits per heavy atom. The summed E-state index contributed by atoms with van der Waals surface area (Å²) in [4.78, 5) is 26.3. The first-order valence-corrected chi connectivity index (χ1v) is 9.87. The van der Waals surface area contributed by atoms with E-state index in [4.69, 9.17) is 11.6 Å². The number of hydrogen-bond donors (Lipinski definition) is 2. The van der Waals surface area contributed by atoms with Gasteiger partial charge in [0.1, 0.15) is 0 Å². The third-order valence-electron chi connectivity index (χ3n) is 4.92. The summed E-state index contributed by atoms with van der Waals surface area (Å²) in [6.45, 7) is 6.59. The van der Waals surface area contributed by atoms with Crippen molar-refractivity contribution < 1.29 is 9.59 Å². The largest absolute Gasteiger partial charge is 0.356 e. The highest BCUT2D eigenvalue weighted by Crippen LogP contribution is 2.20. The molecule has 0 saturated carbocycles. The summed E-state index contributed by atoms with van der Waals surface area (Å²) in [5, 5.41) is 6.45. The van der Waals surface area contributed by atoms with Gasteiger partial charge in [-0.15, -0.1) is 0 Å². The Morgan fingerprint density at radius 3 is 2.65 bits per heavy atom. The molecule has 1 aliphatic heterocycles. The standard InChI is InChI=1S/C20H30ClN3O2/c1-15-6-3-4-12-24(15)13-5-11-22-20(26)14-19(23-16(2)25)17-7-9-18(21)10-8-17/h7-10,15,19H,3-6,11-14H2,1-2H3,(H,22,26)(H,23,25). The molecule has 1 aromatic carbocycles. The van der Waals surface area contributed by atoms with Gasteiger partial charge in [0.2, 0.25) is 11.8 Å².